The lowest BCUT2D eigenvalue weighted by Gasteiger charge is -2.35. The van der Waals surface area contributed by atoms with E-state index in [0.717, 1.165) is 62.2 Å². The fourth-order valence-electron chi connectivity index (χ4n) is 6.72. The second kappa shape index (κ2) is 11.8. The van der Waals surface area contributed by atoms with E-state index in [2.05, 4.69) is 81.2 Å². The van der Waals surface area contributed by atoms with E-state index >= 15 is 0 Å². The van der Waals surface area contributed by atoms with Crippen LogP contribution < -0.4 is 4.74 Å². The number of nitrogens with zero attached hydrogens (tertiary/aromatic N) is 2. The first-order valence-corrected chi connectivity index (χ1v) is 15.1. The summed E-state index contributed by atoms with van der Waals surface area (Å²) in [5, 5.41) is 10.5. The Hall–Kier alpha value is -2.69. The number of rotatable bonds is 8. The van der Waals surface area contributed by atoms with Crippen LogP contribution in [-0.4, -0.2) is 33.7 Å². The van der Waals surface area contributed by atoms with Crippen LogP contribution in [0.4, 0.5) is 0 Å². The van der Waals surface area contributed by atoms with Crippen molar-refractivity contribution in [2.75, 3.05) is 7.05 Å². The van der Waals surface area contributed by atoms with Crippen LogP contribution in [0.2, 0.25) is 0 Å². The third-order valence-electron chi connectivity index (χ3n) is 9.13. The molecule has 5 rings (SSSR count). The lowest BCUT2D eigenvalue weighted by molar-refractivity contribution is -0.0112. The van der Waals surface area contributed by atoms with Crippen molar-refractivity contribution in [3.05, 3.63) is 82.0 Å². The van der Waals surface area contributed by atoms with Gasteiger partial charge in [-0.05, 0) is 101 Å². The topological polar surface area (TPSA) is 45.6 Å². The highest BCUT2D eigenvalue weighted by Gasteiger charge is 2.31. The first-order chi connectivity index (χ1) is 18.8. The van der Waals surface area contributed by atoms with Gasteiger partial charge in [0.2, 0.25) is 0 Å². The van der Waals surface area contributed by atoms with Crippen molar-refractivity contribution in [1.29, 1.82) is 0 Å². The van der Waals surface area contributed by atoms with Gasteiger partial charge in [0.25, 0.3) is 0 Å². The molecule has 0 spiro atoms. The van der Waals surface area contributed by atoms with Gasteiger partial charge in [-0.15, -0.1) is 0 Å². The Morgan fingerprint density at radius 2 is 1.69 bits per heavy atom. The van der Waals surface area contributed by atoms with E-state index < -0.39 is 5.60 Å². The molecule has 1 atom stereocenters. The molecular weight excluding hydrogens is 480 g/mol. The minimum absolute atomic E-state index is 0.117. The summed E-state index contributed by atoms with van der Waals surface area (Å²) in [7, 11) is 2.25. The SMILES string of the molecule is CCc1cccc(CC)c1-c1cc(OC2CCC(C)(O)CC2)c(CN(C)[C@H]2CCCc3ccccc32)c(C)n1. The predicted molar refractivity (Wildman–Crippen MR) is 160 cm³/mol. The van der Waals surface area contributed by atoms with E-state index in [9.17, 15) is 5.11 Å². The molecule has 3 aromatic rings. The Morgan fingerprint density at radius 3 is 2.38 bits per heavy atom. The summed E-state index contributed by atoms with van der Waals surface area (Å²) in [6.07, 6.45) is 8.95. The van der Waals surface area contributed by atoms with Crippen LogP contribution in [0.15, 0.2) is 48.5 Å². The van der Waals surface area contributed by atoms with Gasteiger partial charge >= 0.3 is 0 Å². The number of benzene rings is 2. The highest BCUT2D eigenvalue weighted by atomic mass is 16.5. The molecule has 2 aromatic carbocycles. The molecule has 0 aliphatic heterocycles. The van der Waals surface area contributed by atoms with E-state index in [-0.39, 0.29) is 6.10 Å². The zero-order valence-corrected chi connectivity index (χ0v) is 24.6. The van der Waals surface area contributed by atoms with Crippen molar-refractivity contribution in [3.63, 3.8) is 0 Å². The molecule has 39 heavy (non-hydrogen) atoms. The standard InChI is InChI=1S/C35H46N2O2/c1-6-25-13-10-14-26(7-2)34(25)31-22-33(39-28-18-20-35(4,38)21-19-28)30(24(3)36-31)23-37(5)32-17-11-15-27-12-8-9-16-29(27)32/h8-10,12-14,16,22,28,32,38H,6-7,11,15,17-21,23H2,1-5H3/t28?,32-,35?/m0/s1. The summed E-state index contributed by atoms with van der Waals surface area (Å²) in [6.45, 7) is 9.35. The molecule has 4 heteroatoms. The average Bonchev–Trinajstić information content (AvgIpc) is 2.94. The molecule has 0 bridgehead atoms. The summed E-state index contributed by atoms with van der Waals surface area (Å²) in [5.41, 5.74) is 9.58. The molecule has 208 valence electrons. The Morgan fingerprint density at radius 1 is 1.00 bits per heavy atom. The molecule has 0 radical (unpaired) electrons. The maximum Gasteiger partial charge on any atom is 0.128 e. The summed E-state index contributed by atoms with van der Waals surface area (Å²) < 4.78 is 6.85. The van der Waals surface area contributed by atoms with Crippen molar-refractivity contribution in [3.8, 4) is 17.0 Å². The van der Waals surface area contributed by atoms with Crippen molar-refractivity contribution >= 4 is 0 Å². The molecule has 1 heterocycles. The second-order valence-corrected chi connectivity index (χ2v) is 12.1. The minimum Gasteiger partial charge on any atom is -0.490 e. The number of aromatic nitrogens is 1. The number of aryl methyl sites for hydroxylation is 4. The van der Waals surface area contributed by atoms with Gasteiger partial charge in [0.05, 0.1) is 17.4 Å². The van der Waals surface area contributed by atoms with Crippen LogP contribution in [0.5, 0.6) is 5.75 Å². The summed E-state index contributed by atoms with van der Waals surface area (Å²) in [5.74, 6) is 0.966. The van der Waals surface area contributed by atoms with E-state index in [0.29, 0.717) is 6.04 Å². The number of pyridine rings is 1. The van der Waals surface area contributed by atoms with E-state index in [4.69, 9.17) is 9.72 Å². The molecule has 1 saturated carbocycles. The van der Waals surface area contributed by atoms with Gasteiger partial charge in [-0.3, -0.25) is 9.88 Å². The highest BCUT2D eigenvalue weighted by Crippen LogP contribution is 2.39. The van der Waals surface area contributed by atoms with E-state index in [1.807, 2.05) is 6.92 Å². The number of aliphatic hydroxyl groups is 1. The van der Waals surface area contributed by atoms with Gasteiger partial charge < -0.3 is 9.84 Å². The fraction of sp³-hybridized carbons (Fsp3) is 0.514. The molecule has 1 fully saturated rings. The van der Waals surface area contributed by atoms with Crippen LogP contribution in [-0.2, 0) is 25.8 Å². The van der Waals surface area contributed by atoms with Gasteiger partial charge in [-0.25, -0.2) is 0 Å². The highest BCUT2D eigenvalue weighted by molar-refractivity contribution is 5.70. The molecule has 4 nitrogen and oxygen atoms in total. The predicted octanol–water partition coefficient (Wildman–Crippen LogP) is 7.76. The van der Waals surface area contributed by atoms with Crippen LogP contribution in [0.25, 0.3) is 11.3 Å². The Kier molecular flexibility index (Phi) is 8.44. The van der Waals surface area contributed by atoms with Gasteiger partial charge in [0, 0.05) is 35.5 Å². The summed E-state index contributed by atoms with van der Waals surface area (Å²) >= 11 is 0. The number of ether oxygens (including phenoxy) is 1. The molecule has 0 saturated heterocycles. The normalized spacial score (nSPS) is 23.1. The van der Waals surface area contributed by atoms with Crippen LogP contribution in [0.1, 0.15) is 98.8 Å². The van der Waals surface area contributed by atoms with Gasteiger partial charge in [0.1, 0.15) is 5.75 Å². The molecule has 1 N–H and O–H groups in total. The molecule has 0 unspecified atom stereocenters. The third kappa shape index (κ3) is 6.07. The quantitative estimate of drug-likeness (QED) is 0.326. The first kappa shape index (κ1) is 27.9. The van der Waals surface area contributed by atoms with Crippen LogP contribution in [0, 0.1) is 6.92 Å². The van der Waals surface area contributed by atoms with Crippen molar-refractivity contribution in [1.82, 2.24) is 9.88 Å². The number of fused-ring (bicyclic) bond motifs is 1. The maximum absolute atomic E-state index is 10.5. The third-order valence-corrected chi connectivity index (χ3v) is 9.13. The van der Waals surface area contributed by atoms with Crippen molar-refractivity contribution in [2.24, 2.45) is 0 Å². The second-order valence-electron chi connectivity index (χ2n) is 12.1. The van der Waals surface area contributed by atoms with Gasteiger partial charge in [0.15, 0.2) is 0 Å². The Bertz CT molecular complexity index is 1270. The van der Waals surface area contributed by atoms with E-state index in [1.54, 1.807) is 0 Å². The van der Waals surface area contributed by atoms with Gasteiger partial charge in [-0.1, -0.05) is 56.3 Å². The van der Waals surface area contributed by atoms with Crippen LogP contribution >= 0.6 is 0 Å². The average molecular weight is 527 g/mol. The fourth-order valence-corrected chi connectivity index (χ4v) is 6.72. The molecule has 1 aromatic heterocycles. The zero-order valence-electron chi connectivity index (χ0n) is 24.6. The van der Waals surface area contributed by atoms with Crippen molar-refractivity contribution < 1.29 is 9.84 Å². The Labute approximate surface area is 235 Å². The lowest BCUT2D eigenvalue weighted by atomic mass is 9.85. The van der Waals surface area contributed by atoms with Gasteiger partial charge in [-0.2, -0.15) is 0 Å². The smallest absolute Gasteiger partial charge is 0.128 e. The first-order valence-electron chi connectivity index (χ1n) is 15.1. The molecule has 0 amide bonds. The molecular formula is C35H46N2O2. The van der Waals surface area contributed by atoms with Crippen molar-refractivity contribution in [2.45, 2.75) is 110 Å². The zero-order chi connectivity index (χ0) is 27.6. The largest absolute Gasteiger partial charge is 0.490 e. The van der Waals surface area contributed by atoms with Crippen LogP contribution in [0.3, 0.4) is 0 Å². The summed E-state index contributed by atoms with van der Waals surface area (Å²) in [6, 6.07) is 18.2. The molecule has 2 aliphatic rings. The van der Waals surface area contributed by atoms with E-state index in [1.165, 1.54) is 52.6 Å². The molecule has 2 aliphatic carbocycles. The summed E-state index contributed by atoms with van der Waals surface area (Å²) in [4.78, 5) is 7.73. The monoisotopic (exact) mass is 526 g/mol. The number of hydrogen-bond acceptors (Lipinski definition) is 4. The Balaban J connectivity index is 1.52. The maximum atomic E-state index is 10.5. The lowest BCUT2D eigenvalue weighted by Crippen LogP contribution is -2.35. The number of hydrogen-bond donors (Lipinski definition) is 1. The minimum atomic E-state index is -0.577.